The fraction of sp³-hybridized carbons (Fsp3) is 0.429. The highest BCUT2D eigenvalue weighted by molar-refractivity contribution is 7.99. The highest BCUT2D eigenvalue weighted by atomic mass is 32.2. The molecule has 4 heterocycles. The van der Waals surface area contributed by atoms with E-state index in [0.29, 0.717) is 0 Å². The molecular formula is C28H33N5S. The SMILES string of the molecule is CCc1[nH]c2nc(Sc3cnc4c(c3)C=C=CC=CC4)nc(N3CC(CC(C)C)C3)c2c1CC. The molecule has 3 aromatic rings. The van der Waals surface area contributed by atoms with Gasteiger partial charge >= 0.3 is 0 Å². The number of nitrogens with zero attached hydrogens (tertiary/aromatic N) is 4. The van der Waals surface area contributed by atoms with Crippen LogP contribution in [0.3, 0.4) is 0 Å². The third-order valence-electron chi connectivity index (χ3n) is 6.64. The minimum absolute atomic E-state index is 0.734. The number of aromatic amines is 1. The first-order valence-electron chi connectivity index (χ1n) is 12.5. The van der Waals surface area contributed by atoms with Crippen LogP contribution in [0.5, 0.6) is 0 Å². The van der Waals surface area contributed by atoms with E-state index in [2.05, 4.69) is 55.5 Å². The number of allylic oxidation sites excluding steroid dienone is 3. The van der Waals surface area contributed by atoms with Crippen LogP contribution in [0.25, 0.3) is 17.1 Å². The summed E-state index contributed by atoms with van der Waals surface area (Å²) in [5.74, 6) is 2.58. The van der Waals surface area contributed by atoms with Gasteiger partial charge in [0.25, 0.3) is 0 Å². The first kappa shape index (κ1) is 22.9. The summed E-state index contributed by atoms with van der Waals surface area (Å²) in [6, 6.07) is 2.17. The second kappa shape index (κ2) is 9.81. The zero-order valence-electron chi connectivity index (χ0n) is 20.6. The highest BCUT2D eigenvalue weighted by Gasteiger charge is 2.31. The summed E-state index contributed by atoms with van der Waals surface area (Å²) in [7, 11) is 0. The number of aryl methyl sites for hydroxylation is 2. The van der Waals surface area contributed by atoms with Gasteiger partial charge in [-0.1, -0.05) is 39.8 Å². The van der Waals surface area contributed by atoms with Gasteiger partial charge in [0.1, 0.15) is 11.5 Å². The molecule has 0 saturated carbocycles. The Hall–Kier alpha value is -2.82. The summed E-state index contributed by atoms with van der Waals surface area (Å²) in [6.45, 7) is 11.2. The topological polar surface area (TPSA) is 57.7 Å². The lowest BCUT2D eigenvalue weighted by Gasteiger charge is -2.41. The van der Waals surface area contributed by atoms with Crippen molar-refractivity contribution < 1.29 is 0 Å². The van der Waals surface area contributed by atoms with Gasteiger partial charge in [-0.25, -0.2) is 9.97 Å². The molecule has 34 heavy (non-hydrogen) atoms. The number of anilines is 1. The van der Waals surface area contributed by atoms with Crippen LogP contribution in [-0.2, 0) is 19.3 Å². The summed E-state index contributed by atoms with van der Waals surface area (Å²) in [4.78, 5) is 21.9. The van der Waals surface area contributed by atoms with Crippen molar-refractivity contribution in [1.82, 2.24) is 19.9 Å². The molecule has 176 valence electrons. The van der Waals surface area contributed by atoms with E-state index in [4.69, 9.17) is 15.0 Å². The largest absolute Gasteiger partial charge is 0.355 e. The van der Waals surface area contributed by atoms with Gasteiger partial charge in [0.2, 0.25) is 0 Å². The third kappa shape index (κ3) is 4.57. The second-order valence-electron chi connectivity index (χ2n) is 9.66. The van der Waals surface area contributed by atoms with Crippen molar-refractivity contribution in [3.05, 3.63) is 58.7 Å². The fourth-order valence-corrected chi connectivity index (χ4v) is 5.85. The lowest BCUT2D eigenvalue weighted by atomic mass is 9.90. The standard InChI is InChI=1S/C28H33N5S/c1-5-22-23(6-2)30-26-25(22)27(33-16-19(17-33)13-18(3)4)32-28(31-26)34-21-14-20-11-9-7-8-10-12-24(20)29-15-21/h7-8,10-11,14-15,18-19H,5-6,12-13,16-17H2,1-4H3,(H,30,31,32). The Labute approximate surface area is 206 Å². The number of rotatable bonds is 7. The van der Waals surface area contributed by atoms with Crippen LogP contribution in [0.15, 0.2) is 46.3 Å². The van der Waals surface area contributed by atoms with Gasteiger partial charge in [-0.05, 0) is 66.6 Å². The molecule has 2 aliphatic rings. The summed E-state index contributed by atoms with van der Waals surface area (Å²) in [5, 5.41) is 1.98. The van der Waals surface area contributed by atoms with Crippen LogP contribution in [-0.4, -0.2) is 33.0 Å². The molecule has 0 amide bonds. The molecule has 0 spiro atoms. The van der Waals surface area contributed by atoms with E-state index >= 15 is 0 Å². The first-order chi connectivity index (χ1) is 16.6. The molecule has 1 aliphatic carbocycles. The minimum Gasteiger partial charge on any atom is -0.355 e. The smallest absolute Gasteiger partial charge is 0.196 e. The Morgan fingerprint density at radius 1 is 1.21 bits per heavy atom. The van der Waals surface area contributed by atoms with E-state index in [1.54, 1.807) is 11.8 Å². The quantitative estimate of drug-likeness (QED) is 0.319. The number of nitrogens with one attached hydrogen (secondary N) is 1. The summed E-state index contributed by atoms with van der Waals surface area (Å²) in [6.07, 6.45) is 14.1. The maximum absolute atomic E-state index is 5.12. The van der Waals surface area contributed by atoms with Crippen LogP contribution in [0.4, 0.5) is 5.82 Å². The lowest BCUT2D eigenvalue weighted by molar-refractivity contribution is 0.336. The van der Waals surface area contributed by atoms with Gasteiger partial charge in [0.15, 0.2) is 5.16 Å². The highest BCUT2D eigenvalue weighted by Crippen LogP contribution is 2.38. The normalized spacial score (nSPS) is 15.6. The molecule has 5 rings (SSSR count). The van der Waals surface area contributed by atoms with Gasteiger partial charge in [0, 0.05) is 41.9 Å². The third-order valence-corrected chi connectivity index (χ3v) is 7.46. The molecule has 1 saturated heterocycles. The molecule has 0 unspecified atom stereocenters. The van der Waals surface area contributed by atoms with Gasteiger partial charge in [-0.3, -0.25) is 4.98 Å². The van der Waals surface area contributed by atoms with Crippen LogP contribution in [0.2, 0.25) is 0 Å². The van der Waals surface area contributed by atoms with E-state index < -0.39 is 0 Å². The Morgan fingerprint density at radius 3 is 2.82 bits per heavy atom. The number of aromatic nitrogens is 4. The lowest BCUT2D eigenvalue weighted by Crippen LogP contribution is -2.47. The number of hydrogen-bond acceptors (Lipinski definition) is 5. The van der Waals surface area contributed by atoms with Crippen molar-refractivity contribution in [3.63, 3.8) is 0 Å². The molecule has 0 aromatic carbocycles. The van der Waals surface area contributed by atoms with Crippen LogP contribution >= 0.6 is 11.8 Å². The zero-order valence-corrected chi connectivity index (χ0v) is 21.4. The molecular weight excluding hydrogens is 438 g/mol. The van der Waals surface area contributed by atoms with E-state index in [9.17, 15) is 0 Å². The Morgan fingerprint density at radius 2 is 2.06 bits per heavy atom. The molecule has 6 heteroatoms. The van der Waals surface area contributed by atoms with E-state index in [-0.39, 0.29) is 0 Å². The summed E-state index contributed by atoms with van der Waals surface area (Å²) < 4.78 is 0. The van der Waals surface area contributed by atoms with Crippen LogP contribution in [0.1, 0.15) is 56.6 Å². The molecule has 1 N–H and O–H groups in total. The predicted molar refractivity (Wildman–Crippen MR) is 142 cm³/mol. The number of pyridine rings is 1. The maximum Gasteiger partial charge on any atom is 0.196 e. The van der Waals surface area contributed by atoms with E-state index in [1.807, 2.05) is 24.4 Å². The van der Waals surface area contributed by atoms with Crippen molar-refractivity contribution in [1.29, 1.82) is 0 Å². The monoisotopic (exact) mass is 471 g/mol. The van der Waals surface area contributed by atoms with E-state index in [0.717, 1.165) is 77.0 Å². The van der Waals surface area contributed by atoms with E-state index in [1.165, 1.54) is 23.1 Å². The minimum atomic E-state index is 0.734. The second-order valence-corrected chi connectivity index (χ2v) is 10.7. The molecule has 0 atom stereocenters. The van der Waals surface area contributed by atoms with Crippen molar-refractivity contribution in [3.8, 4) is 0 Å². The number of fused-ring (bicyclic) bond motifs is 2. The van der Waals surface area contributed by atoms with Gasteiger partial charge in [0.05, 0.1) is 11.1 Å². The van der Waals surface area contributed by atoms with Crippen molar-refractivity contribution >= 4 is 34.7 Å². The molecule has 1 fully saturated rings. The predicted octanol–water partition coefficient (Wildman–Crippen LogP) is 6.39. The molecule has 0 radical (unpaired) electrons. The molecule has 3 aromatic heterocycles. The maximum atomic E-state index is 5.12. The van der Waals surface area contributed by atoms with Crippen molar-refractivity contribution in [2.24, 2.45) is 11.8 Å². The van der Waals surface area contributed by atoms with Crippen molar-refractivity contribution in [2.75, 3.05) is 18.0 Å². The number of hydrogen-bond donors (Lipinski definition) is 1. The van der Waals surface area contributed by atoms with Gasteiger partial charge < -0.3 is 9.88 Å². The van der Waals surface area contributed by atoms with Crippen LogP contribution < -0.4 is 4.90 Å². The Balaban J connectivity index is 1.51. The summed E-state index contributed by atoms with van der Waals surface area (Å²) in [5.41, 5.74) is 8.99. The number of H-pyrrole nitrogens is 1. The fourth-order valence-electron chi connectivity index (χ4n) is 5.08. The van der Waals surface area contributed by atoms with Crippen molar-refractivity contribution in [2.45, 2.75) is 63.4 Å². The summed E-state index contributed by atoms with van der Waals surface area (Å²) >= 11 is 1.59. The van der Waals surface area contributed by atoms with Gasteiger partial charge in [-0.15, -0.1) is 5.73 Å². The average molecular weight is 472 g/mol. The zero-order chi connectivity index (χ0) is 23.7. The average Bonchev–Trinajstić information content (AvgIpc) is 3.14. The Bertz CT molecular complexity index is 1290. The molecule has 1 aliphatic heterocycles. The molecule has 5 nitrogen and oxygen atoms in total. The first-order valence-corrected chi connectivity index (χ1v) is 13.3. The van der Waals surface area contributed by atoms with Crippen LogP contribution in [0, 0.1) is 11.8 Å². The molecule has 0 bridgehead atoms. The Kier molecular flexibility index (Phi) is 6.62. The van der Waals surface area contributed by atoms with Gasteiger partial charge in [-0.2, -0.15) is 0 Å².